The van der Waals surface area contributed by atoms with Crippen LogP contribution in [0, 0.1) is 10.1 Å². The van der Waals surface area contributed by atoms with Crippen molar-refractivity contribution in [3.05, 3.63) is 122 Å². The number of non-ortho nitro benzene ring substituents is 1. The molecule has 0 saturated carbocycles. The van der Waals surface area contributed by atoms with Crippen molar-refractivity contribution in [1.82, 2.24) is 5.43 Å². The third-order valence-corrected chi connectivity index (χ3v) is 6.16. The van der Waals surface area contributed by atoms with Gasteiger partial charge in [0.1, 0.15) is 13.2 Å². The maximum Gasteiger partial charge on any atom is 0.271 e. The van der Waals surface area contributed by atoms with E-state index in [1.54, 1.807) is 19.2 Å². The summed E-state index contributed by atoms with van der Waals surface area (Å²) in [5.41, 5.74) is 4.67. The number of carbonyl (C=O) groups excluding carboxylic acids is 1. The molecule has 0 heterocycles. The molecule has 0 spiro atoms. The monoisotopic (exact) mass is 589 g/mol. The molecule has 10 nitrogen and oxygen atoms in total. The van der Waals surface area contributed by atoms with Crippen LogP contribution in [0.1, 0.15) is 34.0 Å². The summed E-state index contributed by atoms with van der Waals surface area (Å²) in [6, 6.07) is 24.0. The molecule has 1 N–H and O–H groups in total. The predicted molar refractivity (Wildman–Crippen MR) is 159 cm³/mol. The molecule has 4 aromatic rings. The number of nitrogens with zero attached hydrogens (tertiary/aromatic N) is 2. The van der Waals surface area contributed by atoms with Gasteiger partial charge in [-0.05, 0) is 53.9 Å². The number of hydrogen-bond acceptors (Lipinski definition) is 8. The van der Waals surface area contributed by atoms with Crippen molar-refractivity contribution >= 4 is 29.4 Å². The number of halogens is 1. The van der Waals surface area contributed by atoms with E-state index in [4.69, 9.17) is 30.5 Å². The van der Waals surface area contributed by atoms with Crippen molar-refractivity contribution in [1.29, 1.82) is 0 Å². The SMILES string of the molecule is CCOc1cc(/C=N/NC(=O)c2cccc([N+](=O)[O-])c2)cc(Cl)c1OCc1ccc(OCc2ccccc2)c(OC)c1. The fourth-order valence-electron chi connectivity index (χ4n) is 3.87. The highest BCUT2D eigenvalue weighted by Gasteiger charge is 2.15. The maximum atomic E-state index is 12.4. The van der Waals surface area contributed by atoms with Gasteiger partial charge in [-0.25, -0.2) is 5.43 Å². The van der Waals surface area contributed by atoms with Crippen LogP contribution in [-0.4, -0.2) is 30.8 Å². The van der Waals surface area contributed by atoms with Crippen molar-refractivity contribution in [2.24, 2.45) is 5.10 Å². The Morgan fingerprint density at radius 1 is 0.905 bits per heavy atom. The minimum Gasteiger partial charge on any atom is -0.493 e. The van der Waals surface area contributed by atoms with Crippen LogP contribution in [0.15, 0.2) is 90.0 Å². The molecule has 0 radical (unpaired) electrons. The zero-order valence-corrected chi connectivity index (χ0v) is 23.7. The molecule has 11 heteroatoms. The van der Waals surface area contributed by atoms with E-state index in [2.05, 4.69) is 10.5 Å². The first-order valence-electron chi connectivity index (χ1n) is 12.9. The summed E-state index contributed by atoms with van der Waals surface area (Å²) < 4.78 is 23.2. The minimum absolute atomic E-state index is 0.102. The second kappa shape index (κ2) is 14.5. The van der Waals surface area contributed by atoms with Crippen LogP contribution in [0.25, 0.3) is 0 Å². The fourth-order valence-corrected chi connectivity index (χ4v) is 4.14. The molecular formula is C31H28ClN3O7. The van der Waals surface area contributed by atoms with Crippen LogP contribution in [0.5, 0.6) is 23.0 Å². The smallest absolute Gasteiger partial charge is 0.271 e. The second-order valence-corrected chi connectivity index (χ2v) is 9.22. The summed E-state index contributed by atoms with van der Waals surface area (Å²) in [7, 11) is 1.58. The molecule has 1 amide bonds. The van der Waals surface area contributed by atoms with Crippen LogP contribution in [0.3, 0.4) is 0 Å². The van der Waals surface area contributed by atoms with Crippen LogP contribution >= 0.6 is 11.6 Å². The molecule has 0 atom stereocenters. The summed E-state index contributed by atoms with van der Waals surface area (Å²) in [6.07, 6.45) is 1.38. The summed E-state index contributed by atoms with van der Waals surface area (Å²) in [6.45, 7) is 2.78. The number of nitro groups is 1. The summed E-state index contributed by atoms with van der Waals surface area (Å²) >= 11 is 6.54. The van der Waals surface area contributed by atoms with Crippen molar-refractivity contribution < 1.29 is 28.7 Å². The Balaban J connectivity index is 1.42. The van der Waals surface area contributed by atoms with Gasteiger partial charge in [0.2, 0.25) is 0 Å². The standard InChI is InChI=1S/C31H28ClN3O7/c1-3-40-29-16-23(18-33-34-31(36)24-10-7-11-25(17-24)35(37)38)14-26(32)30(29)42-20-22-12-13-27(28(15-22)39-2)41-19-21-8-5-4-6-9-21/h4-18H,3,19-20H2,1-2H3,(H,34,36)/b33-18+. The minimum atomic E-state index is -0.599. The number of carbonyl (C=O) groups is 1. The number of methoxy groups -OCH3 is 1. The Labute approximate surface area is 247 Å². The lowest BCUT2D eigenvalue weighted by Crippen LogP contribution is -2.17. The first kappa shape index (κ1) is 29.9. The van der Waals surface area contributed by atoms with E-state index in [9.17, 15) is 14.9 Å². The average molecular weight is 590 g/mol. The van der Waals surface area contributed by atoms with Crippen molar-refractivity contribution in [2.75, 3.05) is 13.7 Å². The van der Waals surface area contributed by atoms with Crippen LogP contribution in [0.4, 0.5) is 5.69 Å². The van der Waals surface area contributed by atoms with E-state index in [-0.39, 0.29) is 22.9 Å². The van der Waals surface area contributed by atoms with E-state index < -0.39 is 10.8 Å². The number of amides is 1. The van der Waals surface area contributed by atoms with Gasteiger partial charge in [-0.1, -0.05) is 54.1 Å². The van der Waals surface area contributed by atoms with E-state index in [1.165, 1.54) is 30.5 Å². The lowest BCUT2D eigenvalue weighted by molar-refractivity contribution is -0.384. The highest BCUT2D eigenvalue weighted by molar-refractivity contribution is 6.32. The number of hydrogen-bond donors (Lipinski definition) is 1. The number of ether oxygens (including phenoxy) is 4. The third kappa shape index (κ3) is 7.98. The highest BCUT2D eigenvalue weighted by Crippen LogP contribution is 2.37. The van der Waals surface area contributed by atoms with Crippen molar-refractivity contribution in [3.8, 4) is 23.0 Å². The Hall–Kier alpha value is -5.09. The van der Waals surface area contributed by atoms with Crippen LogP contribution in [0.2, 0.25) is 5.02 Å². The van der Waals surface area contributed by atoms with E-state index >= 15 is 0 Å². The third-order valence-electron chi connectivity index (χ3n) is 5.88. The number of nitrogens with one attached hydrogen (secondary N) is 1. The largest absolute Gasteiger partial charge is 0.493 e. The van der Waals surface area contributed by atoms with Crippen LogP contribution in [-0.2, 0) is 13.2 Å². The summed E-state index contributed by atoms with van der Waals surface area (Å²) in [5.74, 6) is 1.32. The molecule has 216 valence electrons. The molecule has 0 unspecified atom stereocenters. The average Bonchev–Trinajstić information content (AvgIpc) is 3.00. The Morgan fingerprint density at radius 3 is 2.43 bits per heavy atom. The van der Waals surface area contributed by atoms with Crippen molar-refractivity contribution in [3.63, 3.8) is 0 Å². The van der Waals surface area contributed by atoms with Crippen molar-refractivity contribution in [2.45, 2.75) is 20.1 Å². The van der Waals surface area contributed by atoms with E-state index in [0.717, 1.165) is 11.1 Å². The maximum absolute atomic E-state index is 12.4. The van der Waals surface area contributed by atoms with E-state index in [0.29, 0.717) is 41.8 Å². The van der Waals surface area contributed by atoms with Gasteiger partial charge >= 0.3 is 0 Å². The molecule has 0 aliphatic rings. The van der Waals surface area contributed by atoms with Crippen LogP contribution < -0.4 is 24.4 Å². The predicted octanol–water partition coefficient (Wildman–Crippen LogP) is 6.58. The normalized spacial score (nSPS) is 10.7. The molecule has 0 aliphatic heterocycles. The zero-order valence-electron chi connectivity index (χ0n) is 22.9. The molecule has 42 heavy (non-hydrogen) atoms. The first-order chi connectivity index (χ1) is 20.4. The van der Waals surface area contributed by atoms with Gasteiger partial charge in [-0.3, -0.25) is 14.9 Å². The lowest BCUT2D eigenvalue weighted by atomic mass is 10.2. The Kier molecular flexibility index (Phi) is 10.3. The Morgan fingerprint density at radius 2 is 1.69 bits per heavy atom. The summed E-state index contributed by atoms with van der Waals surface area (Å²) in [5, 5.41) is 15.2. The Bertz CT molecular complexity index is 1580. The molecular weight excluding hydrogens is 562 g/mol. The van der Waals surface area contributed by atoms with Gasteiger partial charge in [0.05, 0.1) is 29.9 Å². The number of nitro benzene ring substituents is 1. The highest BCUT2D eigenvalue weighted by atomic mass is 35.5. The number of hydrazone groups is 1. The van der Waals surface area contributed by atoms with Gasteiger partial charge in [-0.15, -0.1) is 0 Å². The zero-order chi connectivity index (χ0) is 29.9. The van der Waals surface area contributed by atoms with Gasteiger partial charge in [0.25, 0.3) is 11.6 Å². The molecule has 0 fully saturated rings. The van der Waals surface area contributed by atoms with E-state index in [1.807, 2.05) is 55.5 Å². The molecule has 0 saturated heterocycles. The number of rotatable bonds is 13. The van der Waals surface area contributed by atoms with Gasteiger partial charge in [0, 0.05) is 17.7 Å². The fraction of sp³-hybridized carbons (Fsp3) is 0.161. The lowest BCUT2D eigenvalue weighted by Gasteiger charge is -2.16. The van der Waals surface area contributed by atoms with Gasteiger partial charge in [0.15, 0.2) is 23.0 Å². The molecule has 0 aromatic heterocycles. The summed E-state index contributed by atoms with van der Waals surface area (Å²) in [4.78, 5) is 22.7. The molecule has 0 bridgehead atoms. The molecule has 4 aromatic carbocycles. The quantitative estimate of drug-likeness (QED) is 0.106. The second-order valence-electron chi connectivity index (χ2n) is 8.82. The number of benzene rings is 4. The topological polar surface area (TPSA) is 122 Å². The molecule has 0 aliphatic carbocycles. The van der Waals surface area contributed by atoms with Gasteiger partial charge < -0.3 is 18.9 Å². The first-order valence-corrected chi connectivity index (χ1v) is 13.3. The van der Waals surface area contributed by atoms with Gasteiger partial charge in [-0.2, -0.15) is 5.10 Å². The molecule has 4 rings (SSSR count).